The molecule has 0 saturated carbocycles. The third-order valence-electron chi connectivity index (χ3n) is 3.12. The van der Waals surface area contributed by atoms with E-state index in [0.717, 1.165) is 11.6 Å². The van der Waals surface area contributed by atoms with Crippen LogP contribution in [0.25, 0.3) is 0 Å². The second-order valence-electron chi connectivity index (χ2n) is 4.63. The van der Waals surface area contributed by atoms with Gasteiger partial charge in [-0.3, -0.25) is 0 Å². The van der Waals surface area contributed by atoms with Gasteiger partial charge in [0, 0.05) is 34.3 Å². The fourth-order valence-electron chi connectivity index (χ4n) is 1.92. The zero-order valence-corrected chi connectivity index (χ0v) is 12.6. The minimum atomic E-state index is -1.20. The molecule has 0 fully saturated rings. The summed E-state index contributed by atoms with van der Waals surface area (Å²) in [5.74, 6) is -3.08. The summed E-state index contributed by atoms with van der Waals surface area (Å²) in [5.41, 5.74) is 0.829. The van der Waals surface area contributed by atoms with Gasteiger partial charge >= 0.3 is 0 Å². The first-order valence-corrected chi connectivity index (χ1v) is 6.96. The maximum Gasteiger partial charge on any atom is 0.161 e. The molecule has 0 saturated heterocycles. The van der Waals surface area contributed by atoms with E-state index in [1.807, 2.05) is 6.92 Å². The fraction of sp³-hybridized carbons (Fsp3) is 0.200. The van der Waals surface area contributed by atoms with Crippen molar-refractivity contribution in [1.82, 2.24) is 5.32 Å². The van der Waals surface area contributed by atoms with E-state index in [2.05, 4.69) is 5.32 Å². The van der Waals surface area contributed by atoms with Gasteiger partial charge in [0.15, 0.2) is 11.6 Å². The Hall–Kier alpha value is -1.23. The molecule has 21 heavy (non-hydrogen) atoms. The van der Waals surface area contributed by atoms with Crippen molar-refractivity contribution >= 4 is 23.2 Å². The molecule has 1 atom stereocenters. The van der Waals surface area contributed by atoms with Crippen molar-refractivity contribution in [1.29, 1.82) is 0 Å². The lowest BCUT2D eigenvalue weighted by atomic mass is 10.1. The van der Waals surface area contributed by atoms with Gasteiger partial charge in [0.25, 0.3) is 0 Å². The largest absolute Gasteiger partial charge is 0.306 e. The van der Waals surface area contributed by atoms with Gasteiger partial charge in [-0.15, -0.1) is 0 Å². The zero-order valence-electron chi connectivity index (χ0n) is 11.1. The first-order chi connectivity index (χ1) is 9.88. The van der Waals surface area contributed by atoms with Crippen molar-refractivity contribution in [2.45, 2.75) is 19.5 Å². The molecule has 6 heteroatoms. The Bertz CT molecular complexity index is 662. The van der Waals surface area contributed by atoms with Crippen molar-refractivity contribution in [3.63, 3.8) is 0 Å². The Morgan fingerprint density at radius 3 is 2.33 bits per heavy atom. The Balaban J connectivity index is 2.11. The second-order valence-corrected chi connectivity index (χ2v) is 5.47. The normalized spacial score (nSPS) is 12.5. The Morgan fingerprint density at radius 1 is 1.00 bits per heavy atom. The molecule has 0 aromatic heterocycles. The van der Waals surface area contributed by atoms with Crippen LogP contribution in [0, 0.1) is 17.5 Å². The molecular formula is C15H12Cl2F3N. The molecule has 2 aromatic carbocycles. The van der Waals surface area contributed by atoms with Crippen LogP contribution in [0.3, 0.4) is 0 Å². The van der Waals surface area contributed by atoms with Crippen molar-refractivity contribution in [2.75, 3.05) is 0 Å². The highest BCUT2D eigenvalue weighted by molar-refractivity contribution is 6.35. The van der Waals surface area contributed by atoms with Gasteiger partial charge in [-0.05, 0) is 30.7 Å². The molecule has 0 radical (unpaired) electrons. The molecule has 112 valence electrons. The summed E-state index contributed by atoms with van der Waals surface area (Å²) in [6.45, 7) is 1.87. The van der Waals surface area contributed by atoms with E-state index < -0.39 is 17.5 Å². The maximum absolute atomic E-state index is 13.5. The van der Waals surface area contributed by atoms with E-state index >= 15 is 0 Å². The molecule has 0 spiro atoms. The smallest absolute Gasteiger partial charge is 0.161 e. The van der Waals surface area contributed by atoms with Crippen LogP contribution in [0.2, 0.25) is 10.0 Å². The summed E-state index contributed by atoms with van der Waals surface area (Å²) in [6.07, 6.45) is 0. The van der Waals surface area contributed by atoms with Crippen LogP contribution in [0.15, 0.2) is 30.3 Å². The summed E-state index contributed by atoms with van der Waals surface area (Å²) in [4.78, 5) is 0. The molecule has 0 aliphatic heterocycles. The molecule has 1 N–H and O–H groups in total. The molecule has 2 rings (SSSR count). The van der Waals surface area contributed by atoms with Gasteiger partial charge in [-0.25, -0.2) is 13.2 Å². The Labute approximate surface area is 130 Å². The van der Waals surface area contributed by atoms with E-state index in [1.165, 1.54) is 0 Å². The van der Waals surface area contributed by atoms with Crippen molar-refractivity contribution in [3.05, 3.63) is 69.0 Å². The predicted octanol–water partition coefficient (Wildman–Crippen LogP) is 5.26. The molecule has 0 amide bonds. The van der Waals surface area contributed by atoms with Crippen LogP contribution in [0.5, 0.6) is 0 Å². The molecule has 0 aliphatic rings. The van der Waals surface area contributed by atoms with E-state index in [4.69, 9.17) is 23.2 Å². The maximum atomic E-state index is 13.5. The lowest BCUT2D eigenvalue weighted by molar-refractivity contribution is 0.482. The Kier molecular flexibility index (Phi) is 5.14. The summed E-state index contributed by atoms with van der Waals surface area (Å²) in [6, 6.07) is 6.22. The summed E-state index contributed by atoms with van der Waals surface area (Å²) in [7, 11) is 0. The number of nitrogens with one attached hydrogen (secondary N) is 1. The number of rotatable bonds is 4. The topological polar surface area (TPSA) is 12.0 Å². The summed E-state index contributed by atoms with van der Waals surface area (Å²) < 4.78 is 39.5. The first-order valence-electron chi connectivity index (χ1n) is 6.20. The van der Waals surface area contributed by atoms with Crippen LogP contribution in [0.4, 0.5) is 13.2 Å². The van der Waals surface area contributed by atoms with Gasteiger partial charge in [0.1, 0.15) is 5.82 Å². The van der Waals surface area contributed by atoms with Gasteiger partial charge in [0.05, 0.1) is 0 Å². The van der Waals surface area contributed by atoms with Gasteiger partial charge in [-0.1, -0.05) is 29.3 Å². The minimum Gasteiger partial charge on any atom is -0.306 e. The van der Waals surface area contributed by atoms with E-state index in [1.54, 1.807) is 18.2 Å². The third kappa shape index (κ3) is 3.90. The average Bonchev–Trinajstić information content (AvgIpc) is 2.41. The van der Waals surface area contributed by atoms with Crippen molar-refractivity contribution < 1.29 is 13.2 Å². The van der Waals surface area contributed by atoms with E-state index in [0.29, 0.717) is 16.1 Å². The Morgan fingerprint density at radius 2 is 1.67 bits per heavy atom. The van der Waals surface area contributed by atoms with E-state index in [9.17, 15) is 13.2 Å². The number of halogens is 5. The quantitative estimate of drug-likeness (QED) is 0.752. The van der Waals surface area contributed by atoms with E-state index in [-0.39, 0.29) is 18.2 Å². The third-order valence-corrected chi connectivity index (χ3v) is 3.68. The monoisotopic (exact) mass is 333 g/mol. The molecule has 0 heterocycles. The number of benzene rings is 2. The van der Waals surface area contributed by atoms with Crippen LogP contribution < -0.4 is 5.32 Å². The fourth-order valence-corrected chi connectivity index (χ4v) is 2.50. The lowest BCUT2D eigenvalue weighted by Crippen LogP contribution is -2.19. The highest BCUT2D eigenvalue weighted by atomic mass is 35.5. The second kappa shape index (κ2) is 6.69. The standard InChI is InChI=1S/C15H12Cl2F3N/c1-8(11-3-2-10(16)5-12(11)17)21-7-9-4-14(19)15(20)6-13(9)18/h2-6,8,21H,7H2,1H3. The molecule has 0 aliphatic carbocycles. The number of hydrogen-bond donors (Lipinski definition) is 1. The number of hydrogen-bond acceptors (Lipinski definition) is 1. The molecule has 2 aromatic rings. The van der Waals surface area contributed by atoms with Crippen LogP contribution >= 0.6 is 23.2 Å². The van der Waals surface area contributed by atoms with Gasteiger partial charge in [0.2, 0.25) is 0 Å². The van der Waals surface area contributed by atoms with Gasteiger partial charge in [-0.2, -0.15) is 0 Å². The lowest BCUT2D eigenvalue weighted by Gasteiger charge is -2.16. The SMILES string of the molecule is CC(NCc1cc(F)c(F)cc1F)c1ccc(Cl)cc1Cl. The molecule has 1 nitrogen and oxygen atoms in total. The van der Waals surface area contributed by atoms with Crippen LogP contribution in [-0.4, -0.2) is 0 Å². The van der Waals surface area contributed by atoms with Crippen molar-refractivity contribution in [3.8, 4) is 0 Å². The molecular weight excluding hydrogens is 322 g/mol. The average molecular weight is 334 g/mol. The summed E-state index contributed by atoms with van der Waals surface area (Å²) in [5, 5.41) is 4.00. The van der Waals surface area contributed by atoms with Gasteiger partial charge < -0.3 is 5.32 Å². The molecule has 1 unspecified atom stereocenters. The first kappa shape index (κ1) is 16.1. The highest BCUT2D eigenvalue weighted by Gasteiger charge is 2.13. The molecule has 0 bridgehead atoms. The minimum absolute atomic E-state index is 0.0448. The zero-order chi connectivity index (χ0) is 15.6. The van der Waals surface area contributed by atoms with Crippen LogP contribution in [-0.2, 0) is 6.54 Å². The van der Waals surface area contributed by atoms with Crippen LogP contribution in [0.1, 0.15) is 24.1 Å². The van der Waals surface area contributed by atoms with Crippen molar-refractivity contribution in [2.24, 2.45) is 0 Å². The summed E-state index contributed by atoms with van der Waals surface area (Å²) >= 11 is 11.9. The highest BCUT2D eigenvalue weighted by Crippen LogP contribution is 2.26. The predicted molar refractivity (Wildman–Crippen MR) is 78.0 cm³/mol.